The Morgan fingerprint density at radius 3 is 2.59 bits per heavy atom. The molecule has 150 valence electrons. The zero-order valence-electron chi connectivity index (χ0n) is 15.8. The number of halogens is 2. The molecule has 0 saturated heterocycles. The van der Waals surface area contributed by atoms with Crippen LogP contribution in [-0.2, 0) is 20.7 Å². The molecule has 0 amide bonds. The zero-order valence-corrected chi connectivity index (χ0v) is 17.4. The van der Waals surface area contributed by atoms with E-state index in [-0.39, 0.29) is 10.7 Å². The van der Waals surface area contributed by atoms with Crippen LogP contribution in [0.1, 0.15) is 22.8 Å². The highest BCUT2D eigenvalue weighted by Gasteiger charge is 2.32. The van der Waals surface area contributed by atoms with E-state index in [1.807, 2.05) is 6.92 Å². The lowest BCUT2D eigenvalue weighted by Crippen LogP contribution is -2.12. The number of fused-ring (bicyclic) bond motifs is 1. The summed E-state index contributed by atoms with van der Waals surface area (Å²) >= 11 is 6.28. The number of ether oxygens (including phenoxy) is 1. The van der Waals surface area contributed by atoms with Crippen LogP contribution in [0, 0.1) is 12.7 Å². The molecule has 7 heteroatoms. The van der Waals surface area contributed by atoms with Crippen molar-refractivity contribution in [1.29, 1.82) is 0 Å². The third-order valence-electron chi connectivity index (χ3n) is 4.96. The predicted octanol–water partition coefficient (Wildman–Crippen LogP) is 5.47. The Hall–Kier alpha value is -2.41. The van der Waals surface area contributed by atoms with Crippen LogP contribution in [-0.4, -0.2) is 15.5 Å². The molecule has 0 saturated carbocycles. The Bertz CT molecular complexity index is 1210. The van der Waals surface area contributed by atoms with Crippen LogP contribution in [0.15, 0.2) is 59.5 Å². The van der Waals surface area contributed by atoms with E-state index in [1.54, 1.807) is 42.5 Å². The van der Waals surface area contributed by atoms with Gasteiger partial charge in [0, 0.05) is 33.7 Å². The van der Waals surface area contributed by atoms with E-state index >= 15 is 0 Å². The van der Waals surface area contributed by atoms with Crippen molar-refractivity contribution >= 4 is 21.7 Å². The van der Waals surface area contributed by atoms with Crippen molar-refractivity contribution in [3.8, 4) is 16.9 Å². The van der Waals surface area contributed by atoms with Crippen LogP contribution < -0.4 is 4.74 Å². The monoisotopic (exact) mass is 432 g/mol. The number of hydrogen-bond acceptors (Lipinski definition) is 4. The van der Waals surface area contributed by atoms with Gasteiger partial charge in [-0.1, -0.05) is 47.5 Å². The molecule has 0 fully saturated rings. The molecule has 0 aliphatic carbocycles. The van der Waals surface area contributed by atoms with E-state index in [9.17, 15) is 12.8 Å². The summed E-state index contributed by atoms with van der Waals surface area (Å²) in [6.07, 6.45) is -0.152. The summed E-state index contributed by atoms with van der Waals surface area (Å²) in [6, 6.07) is 14.8. The molecule has 4 nitrogen and oxygen atoms in total. The van der Waals surface area contributed by atoms with E-state index in [2.05, 4.69) is 0 Å². The van der Waals surface area contributed by atoms with Gasteiger partial charge < -0.3 is 4.74 Å². The first-order valence-corrected chi connectivity index (χ1v) is 10.7. The van der Waals surface area contributed by atoms with Crippen molar-refractivity contribution in [1.82, 2.24) is 0 Å². The quantitative estimate of drug-likeness (QED) is 0.513. The summed E-state index contributed by atoms with van der Waals surface area (Å²) in [5.41, 5.74) is 3.10. The average molecular weight is 433 g/mol. The van der Waals surface area contributed by atoms with Gasteiger partial charge in [0.05, 0.1) is 7.11 Å². The van der Waals surface area contributed by atoms with Crippen LogP contribution in [0.5, 0.6) is 5.75 Å². The maximum absolute atomic E-state index is 14.4. The lowest BCUT2D eigenvalue weighted by Gasteiger charge is -2.17. The van der Waals surface area contributed by atoms with E-state index in [0.717, 1.165) is 18.2 Å². The van der Waals surface area contributed by atoms with E-state index in [0.29, 0.717) is 33.9 Å². The highest BCUT2D eigenvalue weighted by molar-refractivity contribution is 7.86. The Morgan fingerprint density at radius 2 is 1.86 bits per heavy atom. The average Bonchev–Trinajstić information content (AvgIpc) is 3.11. The summed E-state index contributed by atoms with van der Waals surface area (Å²) in [5.74, 6) is 0.119. The Balaban J connectivity index is 1.83. The second kappa shape index (κ2) is 7.44. The number of rotatable bonds is 4. The molecule has 1 unspecified atom stereocenters. The molecular formula is C22H18ClFO4S. The summed E-state index contributed by atoms with van der Waals surface area (Å²) in [4.78, 5) is 0.0574. The molecule has 0 spiro atoms. The molecule has 4 rings (SSSR count). The normalized spacial score (nSPS) is 15.8. The van der Waals surface area contributed by atoms with Gasteiger partial charge in [0.1, 0.15) is 22.6 Å². The first kappa shape index (κ1) is 19.9. The molecule has 3 aromatic rings. The number of aryl methyl sites for hydroxylation is 1. The van der Waals surface area contributed by atoms with E-state index in [1.165, 1.54) is 12.1 Å². The lowest BCUT2D eigenvalue weighted by atomic mass is 9.98. The van der Waals surface area contributed by atoms with Crippen LogP contribution in [0.4, 0.5) is 4.39 Å². The van der Waals surface area contributed by atoms with Gasteiger partial charge in [-0.15, -0.1) is 0 Å². The number of hydrogen-bond donors (Lipinski definition) is 0. The molecule has 0 N–H and O–H groups in total. The van der Waals surface area contributed by atoms with Crippen molar-refractivity contribution in [2.45, 2.75) is 24.3 Å². The van der Waals surface area contributed by atoms with E-state index < -0.39 is 16.2 Å². The van der Waals surface area contributed by atoms with Gasteiger partial charge >= 0.3 is 0 Å². The van der Waals surface area contributed by atoms with Gasteiger partial charge in [0.2, 0.25) is 0 Å². The molecule has 3 aromatic carbocycles. The minimum Gasteiger partial charge on any atom is -0.484 e. The molecule has 0 aromatic heterocycles. The van der Waals surface area contributed by atoms with Crippen molar-refractivity contribution in [2.24, 2.45) is 0 Å². The van der Waals surface area contributed by atoms with E-state index in [4.69, 9.17) is 20.5 Å². The maximum Gasteiger partial charge on any atom is 0.297 e. The zero-order chi connectivity index (χ0) is 20.8. The summed E-state index contributed by atoms with van der Waals surface area (Å²) in [5, 5.41) is 0.459. The largest absolute Gasteiger partial charge is 0.484 e. The highest BCUT2D eigenvalue weighted by Crippen LogP contribution is 2.46. The Kier molecular flexibility index (Phi) is 5.11. The standard InChI is InChI=1S/C22H18ClFO4S/c1-13-7-8-21(29(25,26)27-2)18(9-13)20-11-14-10-15(23)12-17(22(14)28-20)16-5-3-4-6-19(16)24/h3-10,12,20H,11H2,1-2H3. The fourth-order valence-corrected chi connectivity index (χ4v) is 4.75. The molecule has 1 aliphatic rings. The highest BCUT2D eigenvalue weighted by atomic mass is 35.5. The van der Waals surface area contributed by atoms with Crippen LogP contribution in [0.2, 0.25) is 5.02 Å². The van der Waals surface area contributed by atoms with Crippen molar-refractivity contribution < 1.29 is 21.7 Å². The first-order chi connectivity index (χ1) is 13.8. The van der Waals surface area contributed by atoms with Gasteiger partial charge in [-0.2, -0.15) is 8.42 Å². The third kappa shape index (κ3) is 3.64. The number of benzene rings is 3. The van der Waals surface area contributed by atoms with Gasteiger partial charge in [0.15, 0.2) is 0 Å². The van der Waals surface area contributed by atoms with Crippen LogP contribution in [0.3, 0.4) is 0 Å². The smallest absolute Gasteiger partial charge is 0.297 e. The molecule has 1 aliphatic heterocycles. The van der Waals surface area contributed by atoms with Gasteiger partial charge in [-0.05, 0) is 31.2 Å². The second-order valence-corrected chi connectivity index (χ2v) is 9.01. The minimum atomic E-state index is -3.91. The maximum atomic E-state index is 14.4. The van der Waals surface area contributed by atoms with Gasteiger partial charge in [0.25, 0.3) is 10.1 Å². The minimum absolute atomic E-state index is 0.0574. The second-order valence-electron chi connectivity index (χ2n) is 6.89. The van der Waals surface area contributed by atoms with Crippen molar-refractivity contribution in [2.75, 3.05) is 7.11 Å². The van der Waals surface area contributed by atoms with Crippen molar-refractivity contribution in [3.63, 3.8) is 0 Å². The Labute approximate surface area is 174 Å². The fraction of sp³-hybridized carbons (Fsp3) is 0.182. The molecular weight excluding hydrogens is 415 g/mol. The van der Waals surface area contributed by atoms with Crippen LogP contribution >= 0.6 is 11.6 Å². The lowest BCUT2D eigenvalue weighted by molar-refractivity contribution is 0.235. The summed E-state index contributed by atoms with van der Waals surface area (Å²) < 4.78 is 50.1. The Morgan fingerprint density at radius 1 is 1.10 bits per heavy atom. The molecule has 0 bridgehead atoms. The van der Waals surface area contributed by atoms with Crippen molar-refractivity contribution in [3.05, 3.63) is 82.1 Å². The predicted molar refractivity (Wildman–Crippen MR) is 109 cm³/mol. The summed E-state index contributed by atoms with van der Waals surface area (Å²) in [6.45, 7) is 1.87. The molecule has 1 heterocycles. The van der Waals surface area contributed by atoms with Gasteiger partial charge in [-0.25, -0.2) is 4.39 Å². The topological polar surface area (TPSA) is 52.6 Å². The molecule has 0 radical (unpaired) electrons. The first-order valence-electron chi connectivity index (χ1n) is 8.95. The third-order valence-corrected chi connectivity index (χ3v) is 6.53. The van der Waals surface area contributed by atoms with Gasteiger partial charge in [-0.3, -0.25) is 4.18 Å². The SMILES string of the molecule is COS(=O)(=O)c1ccc(C)cc1C1Cc2cc(Cl)cc(-c3ccccc3F)c2O1. The fourth-order valence-electron chi connectivity index (χ4n) is 3.61. The molecule has 1 atom stereocenters. The van der Waals surface area contributed by atoms with Crippen LogP contribution in [0.25, 0.3) is 11.1 Å². The summed E-state index contributed by atoms with van der Waals surface area (Å²) in [7, 11) is -2.79. The molecule has 29 heavy (non-hydrogen) atoms.